The van der Waals surface area contributed by atoms with Crippen LogP contribution in [0.3, 0.4) is 0 Å². The Hall–Kier alpha value is -1.38. The van der Waals surface area contributed by atoms with Gasteiger partial charge in [-0.3, -0.25) is 10.2 Å². The van der Waals surface area contributed by atoms with Gasteiger partial charge < -0.3 is 19.9 Å². The molecule has 2 N–H and O–H groups in total. The minimum atomic E-state index is -0.133. The Morgan fingerprint density at radius 3 is 2.58 bits per heavy atom. The molecule has 0 spiro atoms. The van der Waals surface area contributed by atoms with Crippen molar-refractivity contribution < 1.29 is 14.3 Å². The molecule has 3 heterocycles. The molecule has 0 aromatic heterocycles. The minimum Gasteiger partial charge on any atom is -0.446 e. The molecule has 8 nitrogen and oxygen atoms in total. The molecule has 202 valence electrons. The van der Waals surface area contributed by atoms with Gasteiger partial charge in [0.1, 0.15) is 6.10 Å². The van der Waals surface area contributed by atoms with Crippen LogP contribution in [0.5, 0.6) is 0 Å². The SMILES string of the molecule is CC(=O)N1C2CCC(C3CNN(C4CC4)C3)CC2N(C(=O)OC2CCC3CNCCC3(C)C2)C[C@@H]1C. The van der Waals surface area contributed by atoms with E-state index in [1.165, 1.54) is 19.3 Å². The van der Waals surface area contributed by atoms with Crippen molar-refractivity contribution in [3.8, 4) is 0 Å². The Kier molecular flexibility index (Phi) is 6.74. The van der Waals surface area contributed by atoms with Gasteiger partial charge in [-0.1, -0.05) is 6.92 Å². The summed E-state index contributed by atoms with van der Waals surface area (Å²) in [7, 11) is 0. The van der Waals surface area contributed by atoms with Crippen LogP contribution in [-0.2, 0) is 9.53 Å². The van der Waals surface area contributed by atoms with Gasteiger partial charge in [0.05, 0.1) is 12.1 Å². The van der Waals surface area contributed by atoms with E-state index in [0.29, 0.717) is 24.3 Å². The lowest BCUT2D eigenvalue weighted by Crippen LogP contribution is -2.67. The van der Waals surface area contributed by atoms with Crippen LogP contribution in [0.25, 0.3) is 0 Å². The molecule has 6 aliphatic rings. The van der Waals surface area contributed by atoms with Crippen molar-refractivity contribution in [1.82, 2.24) is 25.6 Å². The van der Waals surface area contributed by atoms with Gasteiger partial charge in [-0.25, -0.2) is 9.80 Å². The Balaban J connectivity index is 1.15. The first-order valence-corrected chi connectivity index (χ1v) is 14.8. The van der Waals surface area contributed by atoms with Gasteiger partial charge in [-0.2, -0.15) is 0 Å². The van der Waals surface area contributed by atoms with Crippen molar-refractivity contribution in [2.24, 2.45) is 23.2 Å². The van der Waals surface area contributed by atoms with E-state index in [4.69, 9.17) is 4.74 Å². The third kappa shape index (κ3) is 4.66. The Labute approximate surface area is 216 Å². The van der Waals surface area contributed by atoms with Crippen molar-refractivity contribution in [1.29, 1.82) is 0 Å². The third-order valence-electron chi connectivity index (χ3n) is 10.8. The zero-order valence-electron chi connectivity index (χ0n) is 22.6. The number of hydrazine groups is 1. The van der Waals surface area contributed by atoms with Gasteiger partial charge >= 0.3 is 6.09 Å². The van der Waals surface area contributed by atoms with Gasteiger partial charge in [0.2, 0.25) is 5.91 Å². The summed E-state index contributed by atoms with van der Waals surface area (Å²) in [6, 6.07) is 0.946. The van der Waals surface area contributed by atoms with Crippen LogP contribution < -0.4 is 10.7 Å². The van der Waals surface area contributed by atoms with E-state index in [1.54, 1.807) is 6.92 Å². The molecule has 6 rings (SSSR count). The maximum atomic E-state index is 13.8. The van der Waals surface area contributed by atoms with E-state index in [0.717, 1.165) is 70.7 Å². The van der Waals surface area contributed by atoms with E-state index in [-0.39, 0.29) is 41.6 Å². The van der Waals surface area contributed by atoms with Crippen LogP contribution in [0.1, 0.15) is 78.6 Å². The Bertz CT molecular complexity index is 851. The first kappa shape index (κ1) is 24.9. The zero-order chi connectivity index (χ0) is 25.0. The van der Waals surface area contributed by atoms with Crippen molar-refractivity contribution in [3.05, 3.63) is 0 Å². The number of piperidine rings is 1. The van der Waals surface area contributed by atoms with Crippen molar-refractivity contribution >= 4 is 12.0 Å². The Morgan fingerprint density at radius 2 is 1.81 bits per heavy atom. The first-order chi connectivity index (χ1) is 17.3. The summed E-state index contributed by atoms with van der Waals surface area (Å²) in [6.07, 6.45) is 9.88. The van der Waals surface area contributed by atoms with E-state index >= 15 is 0 Å². The van der Waals surface area contributed by atoms with Crippen molar-refractivity contribution in [2.45, 2.75) is 109 Å². The lowest BCUT2D eigenvalue weighted by molar-refractivity contribution is -0.143. The topological polar surface area (TPSA) is 77.2 Å². The predicted octanol–water partition coefficient (Wildman–Crippen LogP) is 2.98. The molecule has 3 aliphatic carbocycles. The highest BCUT2D eigenvalue weighted by atomic mass is 16.6. The predicted molar refractivity (Wildman–Crippen MR) is 138 cm³/mol. The van der Waals surface area contributed by atoms with Crippen molar-refractivity contribution in [2.75, 3.05) is 32.7 Å². The molecule has 0 aromatic rings. The van der Waals surface area contributed by atoms with Crippen molar-refractivity contribution in [3.63, 3.8) is 0 Å². The molecule has 0 radical (unpaired) electrons. The molecule has 36 heavy (non-hydrogen) atoms. The van der Waals surface area contributed by atoms with Gasteiger partial charge in [0, 0.05) is 38.6 Å². The summed E-state index contributed by atoms with van der Waals surface area (Å²) in [5.41, 5.74) is 3.92. The molecule has 7 unspecified atom stereocenters. The Morgan fingerprint density at radius 1 is 0.972 bits per heavy atom. The van der Waals surface area contributed by atoms with Crippen LogP contribution in [0.2, 0.25) is 0 Å². The molecule has 3 saturated heterocycles. The molecule has 0 bridgehead atoms. The molecule has 6 fully saturated rings. The number of hydrogen-bond acceptors (Lipinski definition) is 6. The summed E-state index contributed by atoms with van der Waals surface area (Å²) in [5.74, 6) is 2.05. The first-order valence-electron chi connectivity index (χ1n) is 14.8. The molecule has 8 atom stereocenters. The number of rotatable bonds is 3. The van der Waals surface area contributed by atoms with Gasteiger partial charge in [0.25, 0.3) is 0 Å². The number of amides is 2. The highest BCUT2D eigenvalue weighted by Gasteiger charge is 2.50. The standard InChI is InChI=1S/C28H47N5O3/c1-18-16-31(27(35)36-24-8-5-22-15-29-11-10-28(22,3)13-24)26-12-20(4-9-25(26)33(18)19(2)34)21-14-30-32(17-21)23-6-7-23/h18,20-26,29-30H,4-17H2,1-3H3/t18-,20?,21?,22?,24?,25?,26?,28?/m0/s1. The highest BCUT2D eigenvalue weighted by Crippen LogP contribution is 2.46. The molecule has 0 aromatic carbocycles. The normalized spacial score (nSPS) is 43.6. The number of nitrogens with one attached hydrogen (secondary N) is 2. The molecule has 3 aliphatic heterocycles. The average Bonchev–Trinajstić information content (AvgIpc) is 3.58. The molecular formula is C28H47N5O3. The van der Waals surface area contributed by atoms with E-state index in [2.05, 4.69) is 34.5 Å². The van der Waals surface area contributed by atoms with E-state index in [1.807, 2.05) is 4.90 Å². The maximum absolute atomic E-state index is 13.8. The fourth-order valence-corrected chi connectivity index (χ4v) is 8.58. The largest absolute Gasteiger partial charge is 0.446 e. The smallest absolute Gasteiger partial charge is 0.410 e. The lowest BCUT2D eigenvalue weighted by atomic mass is 9.63. The van der Waals surface area contributed by atoms with Crippen LogP contribution in [0.15, 0.2) is 0 Å². The average molecular weight is 502 g/mol. The zero-order valence-corrected chi connectivity index (χ0v) is 22.6. The van der Waals surface area contributed by atoms with E-state index < -0.39 is 0 Å². The van der Waals surface area contributed by atoms with Crippen LogP contribution >= 0.6 is 0 Å². The number of fused-ring (bicyclic) bond motifs is 2. The van der Waals surface area contributed by atoms with Crippen LogP contribution in [0, 0.1) is 23.2 Å². The fourth-order valence-electron chi connectivity index (χ4n) is 8.58. The summed E-state index contributed by atoms with van der Waals surface area (Å²) in [4.78, 5) is 30.5. The number of carbonyl (C=O) groups is 2. The monoisotopic (exact) mass is 501 g/mol. The quantitative estimate of drug-likeness (QED) is 0.619. The number of hydrogen-bond donors (Lipinski definition) is 2. The maximum Gasteiger partial charge on any atom is 0.410 e. The van der Waals surface area contributed by atoms with E-state index in [9.17, 15) is 9.59 Å². The fraction of sp³-hybridized carbons (Fsp3) is 0.929. The number of nitrogens with zero attached hydrogens (tertiary/aromatic N) is 3. The number of carbonyl (C=O) groups excluding carboxylic acids is 2. The molecular weight excluding hydrogens is 454 g/mol. The van der Waals surface area contributed by atoms with Crippen LogP contribution in [0.4, 0.5) is 4.79 Å². The third-order valence-corrected chi connectivity index (χ3v) is 10.8. The molecule has 3 saturated carbocycles. The van der Waals surface area contributed by atoms with Crippen LogP contribution in [-0.4, -0.2) is 89.8 Å². The number of piperazine rings is 1. The summed E-state index contributed by atoms with van der Waals surface area (Å²) < 4.78 is 6.30. The highest BCUT2D eigenvalue weighted by molar-refractivity contribution is 5.75. The molecule has 2 amide bonds. The second-order valence-corrected chi connectivity index (χ2v) is 13.2. The van der Waals surface area contributed by atoms with Gasteiger partial charge in [-0.05, 0) is 101 Å². The summed E-state index contributed by atoms with van der Waals surface area (Å²) in [6.45, 7) is 11.1. The number of ether oxygens (including phenoxy) is 1. The molecule has 8 heteroatoms. The summed E-state index contributed by atoms with van der Waals surface area (Å²) in [5, 5.41) is 6.01. The van der Waals surface area contributed by atoms with Gasteiger partial charge in [-0.15, -0.1) is 0 Å². The summed E-state index contributed by atoms with van der Waals surface area (Å²) >= 11 is 0. The van der Waals surface area contributed by atoms with Gasteiger partial charge in [0.15, 0.2) is 0 Å². The lowest BCUT2D eigenvalue weighted by Gasteiger charge is -2.54. The minimum absolute atomic E-state index is 0.0157. The second-order valence-electron chi connectivity index (χ2n) is 13.2. The second kappa shape index (κ2) is 9.73.